The molecule has 200 valence electrons. The van der Waals surface area contributed by atoms with Gasteiger partial charge < -0.3 is 29.7 Å². The average Bonchev–Trinajstić information content (AvgIpc) is 2.98. The van der Waals surface area contributed by atoms with Gasteiger partial charge in [-0.25, -0.2) is 14.8 Å². The van der Waals surface area contributed by atoms with Crippen LogP contribution in [0.5, 0.6) is 0 Å². The number of likely N-dealkylation sites (tertiary alicyclic amines) is 1. The molecule has 4 heterocycles. The zero-order chi connectivity index (χ0) is 25.9. The van der Waals surface area contributed by atoms with Crippen molar-refractivity contribution in [1.82, 2.24) is 19.8 Å². The maximum absolute atomic E-state index is 13.0. The van der Waals surface area contributed by atoms with Gasteiger partial charge in [-0.3, -0.25) is 0 Å². The smallest absolute Gasteiger partial charge is 0.321 e. The van der Waals surface area contributed by atoms with Crippen molar-refractivity contribution in [2.75, 3.05) is 87.7 Å². The van der Waals surface area contributed by atoms with Gasteiger partial charge in [-0.1, -0.05) is 0 Å². The van der Waals surface area contributed by atoms with Crippen molar-refractivity contribution < 1.29 is 9.53 Å². The molecule has 3 saturated heterocycles. The summed E-state index contributed by atoms with van der Waals surface area (Å²) < 4.78 is 5.44. The first-order valence-electron chi connectivity index (χ1n) is 13.8. The first-order chi connectivity index (χ1) is 18.6. The summed E-state index contributed by atoms with van der Waals surface area (Å²) >= 11 is 0. The van der Waals surface area contributed by atoms with Gasteiger partial charge in [-0.2, -0.15) is 0 Å². The Labute approximate surface area is 224 Å². The predicted octanol–water partition coefficient (Wildman–Crippen LogP) is 3.63. The van der Waals surface area contributed by atoms with E-state index in [4.69, 9.17) is 9.72 Å². The molecule has 0 atom stereocenters. The standard InChI is InChI=1S/C29H37N7O2/c1-33-12-14-34(15-13-33)25-6-7-27-26(20-25)28(31-21-30-27)22-8-10-36(11-9-22)29(37)32-23-2-4-24(5-3-23)35-16-18-38-19-17-35/h2-7,20-22H,8-19H2,1H3,(H,32,37). The topological polar surface area (TPSA) is 77.1 Å². The highest BCUT2D eigenvalue weighted by Gasteiger charge is 2.26. The van der Waals surface area contributed by atoms with E-state index in [1.807, 2.05) is 17.0 Å². The number of hydrogen-bond acceptors (Lipinski definition) is 7. The van der Waals surface area contributed by atoms with E-state index < -0.39 is 0 Å². The van der Waals surface area contributed by atoms with Crippen LogP contribution in [-0.2, 0) is 4.74 Å². The summed E-state index contributed by atoms with van der Waals surface area (Å²) in [5.74, 6) is 0.320. The molecule has 0 saturated carbocycles. The summed E-state index contributed by atoms with van der Waals surface area (Å²) in [4.78, 5) is 31.3. The molecule has 0 unspecified atom stereocenters. The number of carbonyl (C=O) groups excluding carboxylic acids is 1. The number of nitrogens with one attached hydrogen (secondary N) is 1. The number of amides is 2. The number of ether oxygens (including phenoxy) is 1. The van der Waals surface area contributed by atoms with E-state index >= 15 is 0 Å². The van der Waals surface area contributed by atoms with Crippen molar-refractivity contribution in [1.29, 1.82) is 0 Å². The molecule has 3 aliphatic rings. The molecule has 3 aliphatic heterocycles. The number of carbonyl (C=O) groups is 1. The van der Waals surface area contributed by atoms with Crippen LogP contribution in [0.15, 0.2) is 48.8 Å². The number of aromatic nitrogens is 2. The average molecular weight is 516 g/mol. The Kier molecular flexibility index (Phi) is 7.29. The summed E-state index contributed by atoms with van der Waals surface area (Å²) in [5.41, 5.74) is 5.35. The number of rotatable bonds is 4. The van der Waals surface area contributed by atoms with E-state index in [1.165, 1.54) is 11.4 Å². The zero-order valence-corrected chi connectivity index (χ0v) is 22.2. The lowest BCUT2D eigenvalue weighted by Gasteiger charge is -2.34. The molecule has 0 radical (unpaired) electrons. The van der Waals surface area contributed by atoms with Gasteiger partial charge in [0.1, 0.15) is 6.33 Å². The molecule has 9 nitrogen and oxygen atoms in total. The Morgan fingerprint density at radius 3 is 2.26 bits per heavy atom. The van der Waals surface area contributed by atoms with Gasteiger partial charge in [0, 0.05) is 80.7 Å². The van der Waals surface area contributed by atoms with Crippen LogP contribution >= 0.6 is 0 Å². The lowest BCUT2D eigenvalue weighted by Crippen LogP contribution is -2.44. The molecule has 0 bridgehead atoms. The minimum atomic E-state index is -0.0347. The molecule has 2 amide bonds. The monoisotopic (exact) mass is 515 g/mol. The van der Waals surface area contributed by atoms with Gasteiger partial charge in [0.2, 0.25) is 0 Å². The lowest BCUT2D eigenvalue weighted by atomic mass is 9.91. The maximum Gasteiger partial charge on any atom is 0.321 e. The van der Waals surface area contributed by atoms with Crippen molar-refractivity contribution in [3.8, 4) is 0 Å². The summed E-state index contributed by atoms with van der Waals surface area (Å²) in [6.45, 7) is 8.98. The second-order valence-electron chi connectivity index (χ2n) is 10.6. The van der Waals surface area contributed by atoms with Gasteiger partial charge >= 0.3 is 6.03 Å². The van der Waals surface area contributed by atoms with Crippen molar-refractivity contribution in [2.45, 2.75) is 18.8 Å². The predicted molar refractivity (Wildman–Crippen MR) is 151 cm³/mol. The third kappa shape index (κ3) is 5.39. The Morgan fingerprint density at radius 1 is 0.842 bits per heavy atom. The van der Waals surface area contributed by atoms with E-state index in [9.17, 15) is 4.79 Å². The molecule has 0 spiro atoms. The SMILES string of the molecule is CN1CCN(c2ccc3ncnc(C4CCN(C(=O)Nc5ccc(N6CCOCC6)cc5)CC4)c3c2)CC1. The molecule has 2 aromatic carbocycles. The number of piperazine rings is 1. The van der Waals surface area contributed by atoms with Crippen LogP contribution in [-0.4, -0.2) is 98.4 Å². The van der Waals surface area contributed by atoms with Crippen LogP contribution in [0.1, 0.15) is 24.5 Å². The summed E-state index contributed by atoms with van der Waals surface area (Å²) in [6, 6.07) is 14.7. The second-order valence-corrected chi connectivity index (χ2v) is 10.6. The van der Waals surface area contributed by atoms with Crippen molar-refractivity contribution in [3.63, 3.8) is 0 Å². The number of urea groups is 1. The number of fused-ring (bicyclic) bond motifs is 1. The molecule has 1 N–H and O–H groups in total. The van der Waals surface area contributed by atoms with Crippen LogP contribution < -0.4 is 15.1 Å². The summed E-state index contributed by atoms with van der Waals surface area (Å²) in [5, 5.41) is 4.23. The largest absolute Gasteiger partial charge is 0.378 e. The van der Waals surface area contributed by atoms with Crippen LogP contribution in [0.25, 0.3) is 10.9 Å². The van der Waals surface area contributed by atoms with Crippen LogP contribution in [0.3, 0.4) is 0 Å². The highest BCUT2D eigenvalue weighted by Crippen LogP contribution is 2.33. The van der Waals surface area contributed by atoms with Crippen molar-refractivity contribution in [2.24, 2.45) is 0 Å². The molecule has 3 fully saturated rings. The fraction of sp³-hybridized carbons (Fsp3) is 0.483. The van der Waals surface area contributed by atoms with E-state index in [2.05, 4.69) is 62.4 Å². The Balaban J connectivity index is 1.08. The first-order valence-corrected chi connectivity index (χ1v) is 13.8. The normalized spacial score (nSPS) is 19.7. The fourth-order valence-corrected chi connectivity index (χ4v) is 5.79. The molecule has 38 heavy (non-hydrogen) atoms. The maximum atomic E-state index is 13.0. The van der Waals surface area contributed by atoms with Gasteiger partial charge in [0.25, 0.3) is 0 Å². The van der Waals surface area contributed by atoms with Gasteiger partial charge in [0.05, 0.1) is 24.4 Å². The highest BCUT2D eigenvalue weighted by molar-refractivity contribution is 5.90. The molecule has 1 aromatic heterocycles. The fourth-order valence-electron chi connectivity index (χ4n) is 5.79. The van der Waals surface area contributed by atoms with Gasteiger partial charge in [0.15, 0.2) is 0 Å². The Bertz CT molecular complexity index is 1250. The Morgan fingerprint density at radius 2 is 1.53 bits per heavy atom. The third-order valence-corrected chi connectivity index (χ3v) is 8.18. The molecular formula is C29H37N7O2. The number of benzene rings is 2. The van der Waals surface area contributed by atoms with Crippen LogP contribution in [0.4, 0.5) is 21.9 Å². The van der Waals surface area contributed by atoms with E-state index in [-0.39, 0.29) is 6.03 Å². The number of anilines is 3. The minimum absolute atomic E-state index is 0.0347. The van der Waals surface area contributed by atoms with Crippen molar-refractivity contribution in [3.05, 3.63) is 54.5 Å². The van der Waals surface area contributed by atoms with Gasteiger partial charge in [-0.05, 0) is 62.4 Å². The first kappa shape index (κ1) is 24.9. The summed E-state index contributed by atoms with van der Waals surface area (Å²) in [7, 11) is 2.18. The second kappa shape index (κ2) is 11.1. The van der Waals surface area contributed by atoms with Crippen molar-refractivity contribution >= 4 is 34.0 Å². The van der Waals surface area contributed by atoms with Crippen LogP contribution in [0.2, 0.25) is 0 Å². The van der Waals surface area contributed by atoms with E-state index in [1.54, 1.807) is 6.33 Å². The van der Waals surface area contributed by atoms with Gasteiger partial charge in [-0.15, -0.1) is 0 Å². The molecule has 0 aliphatic carbocycles. The molecule has 9 heteroatoms. The minimum Gasteiger partial charge on any atom is -0.378 e. The van der Waals surface area contributed by atoms with E-state index in [0.717, 1.165) is 87.6 Å². The highest BCUT2D eigenvalue weighted by atomic mass is 16.5. The quantitative estimate of drug-likeness (QED) is 0.569. The number of likely N-dealkylation sites (N-methyl/N-ethyl adjacent to an activating group) is 1. The number of nitrogens with zero attached hydrogens (tertiary/aromatic N) is 6. The Hall–Kier alpha value is -3.43. The van der Waals surface area contributed by atoms with E-state index in [0.29, 0.717) is 19.0 Å². The third-order valence-electron chi connectivity index (χ3n) is 8.18. The lowest BCUT2D eigenvalue weighted by molar-refractivity contribution is 0.122. The molecular weight excluding hydrogens is 478 g/mol. The summed E-state index contributed by atoms with van der Waals surface area (Å²) in [6.07, 6.45) is 3.48. The zero-order valence-electron chi connectivity index (χ0n) is 22.2. The van der Waals surface area contributed by atoms with Crippen LogP contribution in [0, 0.1) is 0 Å². The number of piperidine rings is 1. The molecule has 6 rings (SSSR count). The number of hydrogen-bond donors (Lipinski definition) is 1. The number of morpholine rings is 1. The molecule has 3 aromatic rings.